The first-order valence-electron chi connectivity index (χ1n) is 7.29. The van der Waals surface area contributed by atoms with E-state index in [4.69, 9.17) is 5.11 Å². The Hall–Kier alpha value is -1.40. The zero-order valence-electron chi connectivity index (χ0n) is 12.0. The fourth-order valence-corrected chi connectivity index (χ4v) is 4.03. The summed E-state index contributed by atoms with van der Waals surface area (Å²) in [4.78, 5) is 26.6. The number of carbonyl (C=O) groups is 2. The Bertz CT molecular complexity index is 523. The molecule has 2 aliphatic rings. The number of aliphatic carboxylic acids is 1. The first kappa shape index (κ1) is 14.5. The van der Waals surface area contributed by atoms with Crippen LogP contribution in [-0.2, 0) is 16.1 Å². The number of hydrogen-bond donors (Lipinski definition) is 1. The van der Waals surface area contributed by atoms with E-state index in [2.05, 4.69) is 21.7 Å². The van der Waals surface area contributed by atoms with Crippen molar-refractivity contribution >= 4 is 23.2 Å². The average molecular weight is 308 g/mol. The predicted molar refractivity (Wildman–Crippen MR) is 80.1 cm³/mol. The number of nitrogens with zero attached hydrogens (tertiary/aromatic N) is 2. The summed E-state index contributed by atoms with van der Waals surface area (Å²) in [5, 5.41) is 12.9. The minimum absolute atomic E-state index is 0.0145. The van der Waals surface area contributed by atoms with Crippen LogP contribution < -0.4 is 0 Å². The molecule has 2 aliphatic heterocycles. The lowest BCUT2D eigenvalue weighted by molar-refractivity contribution is -0.146. The number of rotatable bonds is 5. The van der Waals surface area contributed by atoms with Gasteiger partial charge >= 0.3 is 5.97 Å². The second-order valence-electron chi connectivity index (χ2n) is 6.24. The number of carboxylic acids is 1. The summed E-state index contributed by atoms with van der Waals surface area (Å²) in [5.41, 5.74) is 1.63. The van der Waals surface area contributed by atoms with Crippen LogP contribution in [0, 0.1) is 5.41 Å². The molecule has 0 aliphatic carbocycles. The summed E-state index contributed by atoms with van der Waals surface area (Å²) in [6.07, 6.45) is 1.20. The molecule has 0 unspecified atom stereocenters. The fraction of sp³-hybridized carbons (Fsp3) is 0.600. The third-order valence-electron chi connectivity index (χ3n) is 4.46. The van der Waals surface area contributed by atoms with Crippen LogP contribution in [0.5, 0.6) is 0 Å². The molecule has 3 rings (SSSR count). The van der Waals surface area contributed by atoms with Crippen molar-refractivity contribution in [3.05, 3.63) is 22.4 Å². The summed E-state index contributed by atoms with van der Waals surface area (Å²) < 4.78 is 0. The number of hydrogen-bond acceptors (Lipinski definition) is 4. The Labute approximate surface area is 128 Å². The van der Waals surface area contributed by atoms with Crippen LogP contribution in [0.3, 0.4) is 0 Å². The van der Waals surface area contributed by atoms with Gasteiger partial charge < -0.3 is 10.0 Å². The van der Waals surface area contributed by atoms with Gasteiger partial charge in [-0.3, -0.25) is 14.5 Å². The first-order valence-corrected chi connectivity index (χ1v) is 8.24. The molecule has 6 heteroatoms. The lowest BCUT2D eigenvalue weighted by Crippen LogP contribution is -2.59. The molecule has 1 amide bonds. The van der Waals surface area contributed by atoms with Crippen molar-refractivity contribution in [1.82, 2.24) is 9.80 Å². The molecule has 5 nitrogen and oxygen atoms in total. The normalized spacial score (nSPS) is 20.7. The van der Waals surface area contributed by atoms with Gasteiger partial charge in [0.25, 0.3) is 0 Å². The quantitative estimate of drug-likeness (QED) is 0.898. The predicted octanol–water partition coefficient (Wildman–Crippen LogP) is 1.65. The van der Waals surface area contributed by atoms with Gasteiger partial charge in [0.15, 0.2) is 0 Å². The molecular formula is C15H20N2O3S. The Balaban J connectivity index is 1.45. The van der Waals surface area contributed by atoms with E-state index in [1.165, 1.54) is 5.56 Å². The van der Waals surface area contributed by atoms with E-state index in [1.807, 2.05) is 4.90 Å². The summed E-state index contributed by atoms with van der Waals surface area (Å²) in [6, 6.07) is 2.16. The topological polar surface area (TPSA) is 60.9 Å². The summed E-state index contributed by atoms with van der Waals surface area (Å²) in [7, 11) is 0. The molecule has 21 heavy (non-hydrogen) atoms. The molecule has 3 heterocycles. The standard InChI is InChI=1S/C15H20N2O3S/c18-13(1-2-14(19)20)17-10-15(11-17)4-5-16(9-15)7-12-3-6-21-8-12/h3,6,8H,1-2,4-5,7,9-11H2,(H,19,20). The highest BCUT2D eigenvalue weighted by Gasteiger charge is 2.48. The Morgan fingerprint density at radius 3 is 2.76 bits per heavy atom. The van der Waals surface area contributed by atoms with Crippen LogP contribution in [0.2, 0.25) is 0 Å². The number of likely N-dealkylation sites (tertiary alicyclic amines) is 2. The van der Waals surface area contributed by atoms with Crippen molar-refractivity contribution in [2.24, 2.45) is 5.41 Å². The third kappa shape index (κ3) is 3.27. The molecule has 2 saturated heterocycles. The second-order valence-corrected chi connectivity index (χ2v) is 7.02. The Morgan fingerprint density at radius 1 is 1.29 bits per heavy atom. The number of thiophene rings is 1. The second kappa shape index (κ2) is 5.77. The molecule has 114 valence electrons. The molecular weight excluding hydrogens is 288 g/mol. The third-order valence-corrected chi connectivity index (χ3v) is 5.19. The largest absolute Gasteiger partial charge is 0.481 e. The van der Waals surface area contributed by atoms with Crippen LogP contribution in [-0.4, -0.2) is 53.0 Å². The van der Waals surface area contributed by atoms with Gasteiger partial charge in [-0.15, -0.1) is 0 Å². The summed E-state index contributed by atoms with van der Waals surface area (Å²) in [5.74, 6) is -0.916. The lowest BCUT2D eigenvalue weighted by atomic mass is 9.79. The zero-order valence-corrected chi connectivity index (χ0v) is 12.8. The van der Waals surface area contributed by atoms with E-state index in [0.29, 0.717) is 0 Å². The van der Waals surface area contributed by atoms with Crippen LogP contribution in [0.25, 0.3) is 0 Å². The van der Waals surface area contributed by atoms with Crippen molar-refractivity contribution in [2.75, 3.05) is 26.2 Å². The Morgan fingerprint density at radius 2 is 2.10 bits per heavy atom. The summed E-state index contributed by atoms with van der Waals surface area (Å²) in [6.45, 7) is 4.73. The van der Waals surface area contributed by atoms with Gasteiger partial charge in [0, 0.05) is 38.0 Å². The van der Waals surface area contributed by atoms with Gasteiger partial charge in [-0.2, -0.15) is 11.3 Å². The number of carboxylic acid groups (broad SMARTS) is 1. The highest BCUT2D eigenvalue weighted by molar-refractivity contribution is 7.07. The van der Waals surface area contributed by atoms with E-state index in [0.717, 1.165) is 39.1 Å². The smallest absolute Gasteiger partial charge is 0.303 e. The summed E-state index contributed by atoms with van der Waals surface area (Å²) >= 11 is 1.73. The van der Waals surface area contributed by atoms with Crippen LogP contribution >= 0.6 is 11.3 Å². The van der Waals surface area contributed by atoms with Crippen molar-refractivity contribution in [3.8, 4) is 0 Å². The van der Waals surface area contributed by atoms with Gasteiger partial charge in [-0.25, -0.2) is 0 Å². The fourth-order valence-electron chi connectivity index (χ4n) is 3.37. The van der Waals surface area contributed by atoms with Gasteiger partial charge in [0.2, 0.25) is 5.91 Å². The SMILES string of the molecule is O=C(O)CCC(=O)N1CC2(CCN(Cc3ccsc3)C2)C1. The maximum atomic E-state index is 11.9. The minimum Gasteiger partial charge on any atom is -0.481 e. The molecule has 1 spiro atoms. The van der Waals surface area contributed by atoms with E-state index in [1.54, 1.807) is 11.3 Å². The maximum absolute atomic E-state index is 11.9. The molecule has 0 atom stereocenters. The number of amides is 1. The van der Waals surface area contributed by atoms with Crippen molar-refractivity contribution in [3.63, 3.8) is 0 Å². The molecule has 0 saturated carbocycles. The van der Waals surface area contributed by atoms with E-state index < -0.39 is 5.97 Å². The van der Waals surface area contributed by atoms with Crippen LogP contribution in [0.4, 0.5) is 0 Å². The monoisotopic (exact) mass is 308 g/mol. The van der Waals surface area contributed by atoms with Crippen LogP contribution in [0.1, 0.15) is 24.8 Å². The van der Waals surface area contributed by atoms with Gasteiger partial charge in [-0.1, -0.05) is 0 Å². The first-order chi connectivity index (χ1) is 10.1. The Kier molecular flexibility index (Phi) is 3.99. The van der Waals surface area contributed by atoms with Crippen molar-refractivity contribution < 1.29 is 14.7 Å². The highest BCUT2D eigenvalue weighted by atomic mass is 32.1. The molecule has 1 aromatic heterocycles. The van der Waals surface area contributed by atoms with E-state index >= 15 is 0 Å². The van der Waals surface area contributed by atoms with Gasteiger partial charge in [0.1, 0.15) is 0 Å². The molecule has 0 aromatic carbocycles. The zero-order chi connectivity index (χ0) is 14.9. The van der Waals surface area contributed by atoms with Gasteiger partial charge in [0.05, 0.1) is 6.42 Å². The molecule has 2 fully saturated rings. The van der Waals surface area contributed by atoms with Crippen molar-refractivity contribution in [1.29, 1.82) is 0 Å². The molecule has 0 radical (unpaired) electrons. The van der Waals surface area contributed by atoms with E-state index in [9.17, 15) is 9.59 Å². The van der Waals surface area contributed by atoms with Crippen molar-refractivity contribution in [2.45, 2.75) is 25.8 Å². The lowest BCUT2D eigenvalue weighted by Gasteiger charge is -2.48. The van der Waals surface area contributed by atoms with Crippen LogP contribution in [0.15, 0.2) is 16.8 Å². The van der Waals surface area contributed by atoms with E-state index in [-0.39, 0.29) is 24.2 Å². The molecule has 0 bridgehead atoms. The maximum Gasteiger partial charge on any atom is 0.303 e. The highest BCUT2D eigenvalue weighted by Crippen LogP contribution is 2.40. The number of carbonyl (C=O) groups excluding carboxylic acids is 1. The average Bonchev–Trinajstić information content (AvgIpc) is 3.04. The molecule has 1 aromatic rings. The minimum atomic E-state index is -0.901. The van der Waals surface area contributed by atoms with Gasteiger partial charge in [-0.05, 0) is 35.4 Å². The molecule has 1 N–H and O–H groups in total.